The first kappa shape index (κ1) is 29.4. The van der Waals surface area contributed by atoms with E-state index in [2.05, 4.69) is 165 Å². The summed E-state index contributed by atoms with van der Waals surface area (Å²) in [6, 6.07) is 45.2. The molecular weight excluding hydrogens is 563 g/mol. The van der Waals surface area contributed by atoms with Crippen molar-refractivity contribution in [1.82, 2.24) is 0 Å². The van der Waals surface area contributed by atoms with E-state index < -0.39 is 0 Å². The topological polar surface area (TPSA) is 3.88 Å². The van der Waals surface area contributed by atoms with Crippen molar-refractivity contribution in [2.75, 3.05) is 0 Å². The molecule has 0 spiro atoms. The Bertz CT molecular complexity index is 1950. The van der Waals surface area contributed by atoms with E-state index in [4.69, 9.17) is 0 Å². The van der Waals surface area contributed by atoms with Gasteiger partial charge >= 0.3 is 0 Å². The van der Waals surface area contributed by atoms with Gasteiger partial charge in [-0.15, -0.1) is 11.3 Å². The van der Waals surface area contributed by atoms with Crippen LogP contribution in [0.25, 0.3) is 55.1 Å². The fraction of sp³-hybridized carbons (Fsp3) is 0.233. The molecule has 1 nitrogen and oxygen atoms in total. The van der Waals surface area contributed by atoms with E-state index in [0.717, 1.165) is 12.8 Å². The minimum atomic E-state index is 0.0442. The first-order chi connectivity index (χ1) is 22.0. The van der Waals surface area contributed by atoms with Crippen LogP contribution in [0.2, 0.25) is 0 Å². The van der Waals surface area contributed by atoms with E-state index in [1.54, 1.807) is 11.3 Å². The average molecular weight is 605 g/mol. The van der Waals surface area contributed by atoms with Crippen LogP contribution in [0.1, 0.15) is 58.9 Å². The summed E-state index contributed by atoms with van der Waals surface area (Å²) in [6.45, 7) is 9.61. The second-order valence-electron chi connectivity index (χ2n) is 12.8. The lowest BCUT2D eigenvalue weighted by atomic mass is 9.58. The molecule has 0 saturated carbocycles. The van der Waals surface area contributed by atoms with Gasteiger partial charge in [0.15, 0.2) is 11.7 Å². The number of fused-ring (bicyclic) bond motifs is 3. The van der Waals surface area contributed by atoms with E-state index in [1.807, 2.05) is 0 Å². The number of nitrogens with zero attached hydrogens (tertiary/aromatic N) is 1. The molecule has 1 aliphatic heterocycles. The van der Waals surface area contributed by atoms with Gasteiger partial charge in [-0.1, -0.05) is 87.5 Å². The van der Waals surface area contributed by atoms with Crippen LogP contribution >= 0.6 is 11.3 Å². The van der Waals surface area contributed by atoms with Crippen LogP contribution in [0.5, 0.6) is 0 Å². The summed E-state index contributed by atoms with van der Waals surface area (Å²) in [6.07, 6.45) is 6.91. The smallest absolute Gasteiger partial charge is 0.192 e. The quantitative estimate of drug-likeness (QED) is 0.152. The van der Waals surface area contributed by atoms with Crippen LogP contribution < -0.4 is 4.57 Å². The van der Waals surface area contributed by atoms with E-state index in [9.17, 15) is 0 Å². The number of aromatic nitrogens is 1. The number of benzene rings is 4. The predicted molar refractivity (Wildman–Crippen MR) is 193 cm³/mol. The molecule has 2 atom stereocenters. The van der Waals surface area contributed by atoms with E-state index >= 15 is 0 Å². The Labute approximate surface area is 272 Å². The number of thiophene rings is 1. The SMILES string of the molecule is CCCC1(CC)[n+]2ccccc2-c2cc(-c3cccc(-c4cc(-c5ccccc5)cc(-c5cccs5)c4)c3)ccc2C1(C)CC. The summed E-state index contributed by atoms with van der Waals surface area (Å²) in [5, 5.41) is 2.16. The predicted octanol–water partition coefficient (Wildman–Crippen LogP) is 12.0. The Hall–Kier alpha value is -4.27. The molecular formula is C43H42NS+. The van der Waals surface area contributed by atoms with Gasteiger partial charge in [-0.05, 0) is 112 Å². The molecule has 0 aliphatic carbocycles. The molecule has 0 saturated heterocycles. The third kappa shape index (κ3) is 4.87. The standard InChI is InChI=1S/C43H42NS/c1-5-23-43(7-3)42(4,6-2)39-22-21-34(30-38(39)40-19-11-12-24-44(40)43)32-17-13-18-33(26-32)36-27-35(31-15-9-8-10-16-31)28-37(29-36)41-20-14-25-45-41/h8-22,24-30H,5-7,23H2,1-4H3/q+1. The van der Waals surface area contributed by atoms with Crippen molar-refractivity contribution >= 4 is 11.3 Å². The fourth-order valence-electron chi connectivity index (χ4n) is 8.09. The highest BCUT2D eigenvalue weighted by Gasteiger charge is 2.58. The van der Waals surface area contributed by atoms with Gasteiger partial charge in [-0.3, -0.25) is 0 Å². The molecule has 2 heteroatoms. The molecule has 2 unspecified atom stereocenters. The molecule has 1 aliphatic rings. The maximum absolute atomic E-state index is 2.63. The Balaban J connectivity index is 1.36. The highest BCUT2D eigenvalue weighted by Crippen LogP contribution is 2.52. The molecule has 0 radical (unpaired) electrons. The molecule has 224 valence electrons. The van der Waals surface area contributed by atoms with Gasteiger partial charge < -0.3 is 0 Å². The van der Waals surface area contributed by atoms with Gasteiger partial charge in [0.25, 0.3) is 0 Å². The van der Waals surface area contributed by atoms with Crippen molar-refractivity contribution in [2.24, 2.45) is 0 Å². The van der Waals surface area contributed by atoms with Crippen LogP contribution in [0, 0.1) is 0 Å². The van der Waals surface area contributed by atoms with Crippen LogP contribution in [-0.4, -0.2) is 0 Å². The van der Waals surface area contributed by atoms with Crippen molar-refractivity contribution in [2.45, 2.75) is 64.3 Å². The zero-order valence-corrected chi connectivity index (χ0v) is 27.7. The van der Waals surface area contributed by atoms with Crippen molar-refractivity contribution in [3.05, 3.63) is 138 Å². The second kappa shape index (κ2) is 11.9. The molecule has 6 aromatic rings. The maximum Gasteiger partial charge on any atom is 0.213 e. The highest BCUT2D eigenvalue weighted by molar-refractivity contribution is 7.13. The molecule has 0 N–H and O–H groups in total. The van der Waals surface area contributed by atoms with Gasteiger partial charge in [0.05, 0.1) is 11.0 Å². The molecule has 0 amide bonds. The van der Waals surface area contributed by atoms with Gasteiger partial charge in [0, 0.05) is 29.9 Å². The minimum Gasteiger partial charge on any atom is -0.192 e. The van der Waals surface area contributed by atoms with Crippen molar-refractivity contribution in [1.29, 1.82) is 0 Å². The van der Waals surface area contributed by atoms with Crippen molar-refractivity contribution in [3.8, 4) is 55.1 Å². The van der Waals surface area contributed by atoms with Crippen LogP contribution in [-0.2, 0) is 11.0 Å². The lowest BCUT2D eigenvalue weighted by Crippen LogP contribution is -2.69. The normalized spacial score (nSPS) is 18.8. The highest BCUT2D eigenvalue weighted by atomic mass is 32.1. The van der Waals surface area contributed by atoms with Gasteiger partial charge in [-0.25, -0.2) is 0 Å². The van der Waals surface area contributed by atoms with Crippen molar-refractivity contribution < 1.29 is 4.57 Å². The number of hydrogen-bond donors (Lipinski definition) is 0. The first-order valence-corrected chi connectivity index (χ1v) is 17.4. The lowest BCUT2D eigenvalue weighted by molar-refractivity contribution is -0.770. The third-order valence-electron chi connectivity index (χ3n) is 10.6. The van der Waals surface area contributed by atoms with Crippen LogP contribution in [0.3, 0.4) is 0 Å². The first-order valence-electron chi connectivity index (χ1n) is 16.5. The Morgan fingerprint density at radius 1 is 0.578 bits per heavy atom. The molecule has 4 aromatic carbocycles. The Morgan fingerprint density at radius 3 is 1.96 bits per heavy atom. The summed E-state index contributed by atoms with van der Waals surface area (Å²) >= 11 is 1.80. The summed E-state index contributed by atoms with van der Waals surface area (Å²) in [7, 11) is 0. The lowest BCUT2D eigenvalue weighted by Gasteiger charge is -2.48. The zero-order valence-electron chi connectivity index (χ0n) is 26.9. The Morgan fingerprint density at radius 2 is 1.24 bits per heavy atom. The summed E-state index contributed by atoms with van der Waals surface area (Å²) in [4.78, 5) is 1.29. The average Bonchev–Trinajstić information content (AvgIpc) is 3.66. The summed E-state index contributed by atoms with van der Waals surface area (Å²) in [5.74, 6) is 0. The molecule has 7 rings (SSSR count). The monoisotopic (exact) mass is 604 g/mol. The number of pyridine rings is 1. The maximum atomic E-state index is 2.63. The van der Waals surface area contributed by atoms with Crippen LogP contribution in [0.4, 0.5) is 0 Å². The summed E-state index contributed by atoms with van der Waals surface area (Å²) < 4.78 is 2.63. The van der Waals surface area contributed by atoms with E-state index in [0.29, 0.717) is 0 Å². The zero-order chi connectivity index (χ0) is 31.0. The third-order valence-corrected chi connectivity index (χ3v) is 11.5. The minimum absolute atomic E-state index is 0.0442. The fourth-order valence-corrected chi connectivity index (χ4v) is 8.81. The second-order valence-corrected chi connectivity index (χ2v) is 13.7. The number of rotatable bonds is 8. The van der Waals surface area contributed by atoms with Crippen LogP contribution in [0.15, 0.2) is 133 Å². The number of hydrogen-bond acceptors (Lipinski definition) is 1. The molecule has 2 aromatic heterocycles. The van der Waals surface area contributed by atoms with E-state index in [-0.39, 0.29) is 11.0 Å². The van der Waals surface area contributed by atoms with E-state index in [1.165, 1.54) is 73.5 Å². The van der Waals surface area contributed by atoms with Crippen molar-refractivity contribution in [3.63, 3.8) is 0 Å². The molecule has 3 heterocycles. The largest absolute Gasteiger partial charge is 0.213 e. The van der Waals surface area contributed by atoms with Gasteiger partial charge in [0.2, 0.25) is 5.69 Å². The molecule has 45 heavy (non-hydrogen) atoms. The summed E-state index contributed by atoms with van der Waals surface area (Å²) in [5.41, 5.74) is 13.0. The van der Waals surface area contributed by atoms with Gasteiger partial charge in [-0.2, -0.15) is 4.57 Å². The van der Waals surface area contributed by atoms with Gasteiger partial charge in [0.1, 0.15) is 0 Å². The molecule has 0 bridgehead atoms. The molecule has 0 fully saturated rings. The Kier molecular flexibility index (Phi) is 7.79.